The van der Waals surface area contributed by atoms with Crippen LogP contribution in [0.4, 0.5) is 11.6 Å². The van der Waals surface area contributed by atoms with Crippen molar-refractivity contribution in [2.45, 2.75) is 219 Å². The van der Waals surface area contributed by atoms with E-state index in [1.165, 1.54) is 44.3 Å². The smallest absolute Gasteiger partial charge is 0.327 e. The molecule has 0 aliphatic carbocycles. The number of benzene rings is 1. The van der Waals surface area contributed by atoms with Crippen LogP contribution >= 0.6 is 12.6 Å². The van der Waals surface area contributed by atoms with Crippen molar-refractivity contribution in [3.63, 3.8) is 0 Å². The summed E-state index contributed by atoms with van der Waals surface area (Å²) in [7, 11) is 0. The summed E-state index contributed by atoms with van der Waals surface area (Å²) < 4.78 is -1.55. The fourth-order valence-electron chi connectivity index (χ4n) is 11.3. The number of amides is 7. The number of aliphatic hydroxyl groups is 15. The lowest BCUT2D eigenvalue weighted by atomic mass is 9.88. The van der Waals surface area contributed by atoms with Gasteiger partial charge in [0.15, 0.2) is 22.7 Å². The van der Waals surface area contributed by atoms with Gasteiger partial charge in [0.05, 0.1) is 68.7 Å². The van der Waals surface area contributed by atoms with Gasteiger partial charge in [-0.2, -0.15) is 17.6 Å². The second-order valence-corrected chi connectivity index (χ2v) is 29.5. The lowest BCUT2D eigenvalue weighted by molar-refractivity contribution is -0.143. The highest BCUT2D eigenvalue weighted by atomic mass is 32.1. The number of nitrogens with two attached hydrogens (primary N) is 1. The summed E-state index contributed by atoms with van der Waals surface area (Å²) in [4.78, 5) is 216. The first kappa shape index (κ1) is 102. The van der Waals surface area contributed by atoms with E-state index in [2.05, 4.69) is 75.1 Å². The molecule has 660 valence electrons. The van der Waals surface area contributed by atoms with Gasteiger partial charge < -0.3 is 145 Å². The van der Waals surface area contributed by atoms with Crippen LogP contribution in [0.3, 0.4) is 0 Å². The molecule has 0 saturated carbocycles. The molecule has 48 heteroatoms. The molecule has 3 rings (SSSR count). The van der Waals surface area contributed by atoms with E-state index < -0.39 is 344 Å². The molecule has 0 saturated heterocycles. The van der Waals surface area contributed by atoms with Gasteiger partial charge in [0, 0.05) is 111 Å². The number of carbonyl (C=O) groups is 14. The number of hydrogen-bond donors (Lipinski definition) is 30. The number of nitrogen functional groups attached to an aromatic ring is 1. The number of Topliss-reactive ketones (excluding diaryl/α,β-unsaturated/α-hetero) is 3. The number of fused-ring (bicyclic) bond motifs is 1. The second kappa shape index (κ2) is 50.0. The molecule has 3 aromatic rings. The Morgan fingerprint density at radius 2 is 0.856 bits per heavy atom. The van der Waals surface area contributed by atoms with E-state index >= 15 is 0 Å². The summed E-state index contributed by atoms with van der Waals surface area (Å²) in [5.41, 5.74) is 5.43. The largest absolute Gasteiger partial charge is 0.481 e. The molecule has 0 aliphatic heterocycles. The Morgan fingerprint density at radius 1 is 0.475 bits per heavy atom. The van der Waals surface area contributed by atoms with Crippen LogP contribution in [-0.2, 0) is 68.9 Å². The van der Waals surface area contributed by atoms with Crippen molar-refractivity contribution in [3.05, 3.63) is 52.1 Å². The Kier molecular flexibility index (Phi) is 43.3. The Hall–Kier alpha value is -10.0. The highest BCUT2D eigenvalue weighted by Gasteiger charge is 2.40. The molecule has 0 aliphatic rings. The molecule has 47 nitrogen and oxygen atoms in total. The second-order valence-electron chi connectivity index (χ2n) is 28.3. The molecule has 0 bridgehead atoms. The number of nitrogens with zero attached hydrogens (tertiary/aromatic N) is 3. The number of carbonyl (C=O) groups excluding carboxylic acids is 10. The topological polar surface area (TPSA) is 817 Å². The molecule has 0 radical (unpaired) electrons. The molecule has 0 unspecified atom stereocenters. The Morgan fingerprint density at radius 3 is 1.23 bits per heavy atom. The average molecular weight is 1700 g/mol. The number of thiol groups is 1. The third kappa shape index (κ3) is 34.9. The number of rotatable bonds is 58. The summed E-state index contributed by atoms with van der Waals surface area (Å²) >= 11 is 4.23. The molecule has 19 atom stereocenters. The number of aromatic nitrogens is 4. The summed E-state index contributed by atoms with van der Waals surface area (Å²) in [5, 5.41) is 208. The van der Waals surface area contributed by atoms with Crippen molar-refractivity contribution in [2.24, 2.45) is 17.8 Å². The van der Waals surface area contributed by atoms with Crippen molar-refractivity contribution < 1.29 is 164 Å². The van der Waals surface area contributed by atoms with Crippen molar-refractivity contribution in [2.75, 3.05) is 50.5 Å². The molecule has 0 spiro atoms. The van der Waals surface area contributed by atoms with Crippen molar-refractivity contribution in [1.82, 2.24) is 57.2 Å². The van der Waals surface area contributed by atoms with E-state index in [9.17, 15) is 164 Å². The van der Waals surface area contributed by atoms with Crippen LogP contribution in [0, 0.1) is 17.8 Å². The van der Waals surface area contributed by atoms with Gasteiger partial charge in [-0.3, -0.25) is 67.3 Å². The minimum absolute atomic E-state index is 0.0113. The minimum Gasteiger partial charge on any atom is -0.481 e. The maximum atomic E-state index is 14.8. The van der Waals surface area contributed by atoms with Gasteiger partial charge in [0.25, 0.3) is 11.5 Å². The standard InChI is InChI=1S/C70H105N13O34S/c1-70(2,118)60(68(116)117)81-65(112)33(7-16-50(98)75-26-44(92)56(105)59(108)47(95)29-86)21-41(89)38(13-18-52(101)102)79-64(111)32(6-15-49(97)74-25-43(91)55(104)58(107)46(94)28-85)20-40(88)37(12-17-51(99)100)78-63(110)31(5-14-48(96)73-24-42(90)54(103)57(106)45(93)27-84)19-36(87)10-11-39(67(114)115)80-62(109)30-3-8-34(9-4-30)72-22-35-23-76-61-53(77-35)66(113)83-69(71)82-61/h3-4,8-9,23,31-33,37-39,42-47,54-60,72,84-86,90-95,103-108,118H,5-7,10-22,24-29H2,1-2H3,(H,73,96)(H,74,97)(H,75,98)(H,78,110)(H,79,111)(H,80,109)(H,81,112)(H,99,100)(H,101,102)(H,114,115)(H,116,117)(H3,71,76,82,83,113)/t31-,32-,33-,37+,38+,39+,42+,43+,44+,45-,46-,47-,54-,55-,56-,57-,58-,59-,60-/m1/s1. The van der Waals surface area contributed by atoms with Crippen LogP contribution < -0.4 is 53.8 Å². The third-order valence-electron chi connectivity index (χ3n) is 18.5. The van der Waals surface area contributed by atoms with Gasteiger partial charge in [0.1, 0.15) is 72.8 Å². The molecule has 2 heterocycles. The molecule has 118 heavy (non-hydrogen) atoms. The fraction of sp³-hybridized carbons (Fsp3) is 0.629. The summed E-state index contributed by atoms with van der Waals surface area (Å²) in [6.07, 6.45) is -36.6. The van der Waals surface area contributed by atoms with Crippen molar-refractivity contribution in [3.8, 4) is 0 Å². The predicted molar refractivity (Wildman–Crippen MR) is 404 cm³/mol. The van der Waals surface area contributed by atoms with E-state index in [4.69, 9.17) is 10.8 Å². The average Bonchev–Trinajstić information content (AvgIpc) is 0.810. The van der Waals surface area contributed by atoms with Gasteiger partial charge in [-0.1, -0.05) is 0 Å². The highest BCUT2D eigenvalue weighted by molar-refractivity contribution is 7.81. The first-order valence-electron chi connectivity index (χ1n) is 36.8. The van der Waals surface area contributed by atoms with E-state index in [0.717, 1.165) is 0 Å². The number of aromatic amines is 1. The summed E-state index contributed by atoms with van der Waals surface area (Å²) in [5.74, 6) is -23.8. The first-order chi connectivity index (χ1) is 55.2. The normalized spacial score (nSPS) is 16.5. The maximum Gasteiger partial charge on any atom is 0.327 e. The number of carboxylic acid groups (broad SMARTS) is 4. The molecule has 0 fully saturated rings. The Labute approximate surface area is 676 Å². The monoisotopic (exact) mass is 1700 g/mol. The number of carboxylic acids is 4. The lowest BCUT2D eigenvalue weighted by Gasteiger charge is -2.29. The van der Waals surface area contributed by atoms with Crippen molar-refractivity contribution in [1.29, 1.82) is 0 Å². The summed E-state index contributed by atoms with van der Waals surface area (Å²) in [6.45, 7) is -3.30. The van der Waals surface area contributed by atoms with E-state index in [1.807, 2.05) is 0 Å². The van der Waals surface area contributed by atoms with Gasteiger partial charge in [-0.15, -0.1) is 0 Å². The van der Waals surface area contributed by atoms with Gasteiger partial charge in [0.2, 0.25) is 41.4 Å². The first-order valence-corrected chi connectivity index (χ1v) is 37.2. The SMILES string of the molecule is CC(C)(S)[C@H](NC(=O)[C@H](CCC(=O)NC[C@H](O)[C@@H](O)[C@H](O)[C@H](O)CO)CC(=O)[C@H](CCC(=O)O)NC(=O)[C@H](CCC(=O)NC[C@H](O)[C@@H](O)[C@H](O)[C@H](O)CO)CC(=O)[C@H](CCC(=O)O)NC(=O)[C@H](CCC(=O)NC[C@H](O)[C@@H](O)[C@H](O)[C@H](O)CO)CC(=O)CC[C@H](NC(=O)c1ccc(NCc2cnc3nc(N)[nH]c(=O)c3n2)cc1)C(=O)O)C(=O)O. The Balaban J connectivity index is 2.08. The molecular formula is C70H105N13O34S. The van der Waals surface area contributed by atoms with Crippen LogP contribution in [0.15, 0.2) is 35.3 Å². The molecule has 2 aromatic heterocycles. The number of anilines is 2. The number of H-pyrrole nitrogens is 1. The zero-order valence-corrected chi connectivity index (χ0v) is 64.8. The van der Waals surface area contributed by atoms with Gasteiger partial charge in [-0.25, -0.2) is 19.6 Å². The minimum atomic E-state index is -2.22. The number of hydrogen-bond acceptors (Lipinski definition) is 36. The highest BCUT2D eigenvalue weighted by Crippen LogP contribution is 2.25. The van der Waals surface area contributed by atoms with Crippen LogP contribution in [0.5, 0.6) is 0 Å². The summed E-state index contributed by atoms with van der Waals surface area (Å²) in [6, 6.07) is -2.28. The van der Waals surface area contributed by atoms with Crippen LogP contribution in [0.1, 0.15) is 126 Å². The van der Waals surface area contributed by atoms with Crippen LogP contribution in [0.2, 0.25) is 0 Å². The van der Waals surface area contributed by atoms with Gasteiger partial charge in [-0.05, 0) is 76.6 Å². The lowest BCUT2D eigenvalue weighted by Crippen LogP contribution is -2.53. The molecular weight excluding hydrogens is 1600 g/mol. The number of aliphatic carboxylic acids is 4. The zero-order chi connectivity index (χ0) is 89.2. The molecule has 1 aromatic carbocycles. The van der Waals surface area contributed by atoms with Crippen LogP contribution in [-0.4, -0.2) is 341 Å². The number of nitrogens with one attached hydrogen (secondary N) is 9. The quantitative estimate of drug-likeness (QED) is 0.0233. The molecule has 7 amide bonds. The van der Waals surface area contributed by atoms with Crippen molar-refractivity contribution >= 4 is 118 Å². The number of aliphatic hydroxyl groups excluding tert-OH is 15. The van der Waals surface area contributed by atoms with E-state index in [1.54, 1.807) is 0 Å². The molecule has 30 N–H and O–H groups in total. The third-order valence-corrected chi connectivity index (χ3v) is 18.8. The van der Waals surface area contributed by atoms with E-state index in [-0.39, 0.29) is 29.2 Å². The van der Waals surface area contributed by atoms with Gasteiger partial charge >= 0.3 is 23.9 Å². The fourth-order valence-corrected chi connectivity index (χ4v) is 11.5. The predicted octanol–water partition coefficient (Wildman–Crippen LogP) is -10.4. The zero-order valence-electron chi connectivity index (χ0n) is 63.9. The Bertz CT molecular complexity index is 3950. The van der Waals surface area contributed by atoms with Crippen LogP contribution in [0.25, 0.3) is 11.2 Å². The number of ketones is 3. The van der Waals surface area contributed by atoms with E-state index in [0.29, 0.717) is 11.4 Å². The maximum absolute atomic E-state index is 14.8.